The lowest BCUT2D eigenvalue weighted by Crippen LogP contribution is -2.40. The number of hydrogen-bond acceptors (Lipinski definition) is 3. The summed E-state index contributed by atoms with van der Waals surface area (Å²) in [6.45, 7) is 2.18. The van der Waals surface area contributed by atoms with E-state index in [0.29, 0.717) is 22.2 Å². The molecule has 3 rings (SSSR count). The van der Waals surface area contributed by atoms with Gasteiger partial charge in [0.15, 0.2) is 0 Å². The molecule has 0 saturated carbocycles. The summed E-state index contributed by atoms with van der Waals surface area (Å²) in [5.74, 6) is -0.439. The topological polar surface area (TPSA) is 66.5 Å². The van der Waals surface area contributed by atoms with Crippen LogP contribution in [0.1, 0.15) is 28.8 Å². The van der Waals surface area contributed by atoms with Gasteiger partial charge in [-0.15, -0.1) is 0 Å². The molecule has 2 aromatic rings. The molecular weight excluding hydrogens is 407 g/mol. The molecular formula is C19H20Cl2N2O3S. The molecule has 2 unspecified atom stereocenters. The SMILES string of the molecule is CCS(=O)(=O)N1CC(NC(=O)c2cc(Cl)cc(Cl)c2)C(c2ccccc2)C1. The van der Waals surface area contributed by atoms with Gasteiger partial charge in [0.1, 0.15) is 0 Å². The molecule has 27 heavy (non-hydrogen) atoms. The summed E-state index contributed by atoms with van der Waals surface area (Å²) in [6, 6.07) is 13.9. The highest BCUT2D eigenvalue weighted by atomic mass is 35.5. The van der Waals surface area contributed by atoms with Crippen molar-refractivity contribution in [2.45, 2.75) is 18.9 Å². The summed E-state index contributed by atoms with van der Waals surface area (Å²) < 4.78 is 26.1. The second-order valence-corrected chi connectivity index (χ2v) is 9.60. The van der Waals surface area contributed by atoms with Crippen LogP contribution < -0.4 is 5.32 Å². The van der Waals surface area contributed by atoms with Gasteiger partial charge in [-0.25, -0.2) is 8.42 Å². The van der Waals surface area contributed by atoms with Crippen LogP contribution in [-0.2, 0) is 10.0 Å². The molecule has 0 aliphatic carbocycles. The van der Waals surface area contributed by atoms with Crippen molar-refractivity contribution in [3.63, 3.8) is 0 Å². The van der Waals surface area contributed by atoms with E-state index in [1.807, 2.05) is 30.3 Å². The number of carbonyl (C=O) groups is 1. The monoisotopic (exact) mass is 426 g/mol. The lowest BCUT2D eigenvalue weighted by atomic mass is 9.94. The van der Waals surface area contributed by atoms with Crippen LogP contribution in [0.5, 0.6) is 0 Å². The van der Waals surface area contributed by atoms with Gasteiger partial charge < -0.3 is 5.32 Å². The van der Waals surface area contributed by atoms with Crippen LogP contribution in [0.25, 0.3) is 0 Å². The fourth-order valence-electron chi connectivity index (χ4n) is 3.30. The molecule has 144 valence electrons. The van der Waals surface area contributed by atoms with E-state index in [4.69, 9.17) is 23.2 Å². The third kappa shape index (κ3) is 4.63. The predicted octanol–water partition coefficient (Wildman–Crippen LogP) is 3.54. The van der Waals surface area contributed by atoms with Gasteiger partial charge in [-0.05, 0) is 30.7 Å². The maximum atomic E-state index is 12.7. The standard InChI is InChI=1S/C19H20Cl2N2O3S/c1-2-27(25,26)23-11-17(13-6-4-3-5-7-13)18(12-23)22-19(24)14-8-15(20)10-16(21)9-14/h3-10,17-18H,2,11-12H2,1H3,(H,22,24). The number of rotatable bonds is 5. The first-order valence-electron chi connectivity index (χ1n) is 8.60. The van der Waals surface area contributed by atoms with Crippen LogP contribution in [-0.4, -0.2) is 43.5 Å². The summed E-state index contributed by atoms with van der Waals surface area (Å²) in [7, 11) is -3.35. The van der Waals surface area contributed by atoms with Crippen LogP contribution in [0.3, 0.4) is 0 Å². The Kier molecular flexibility index (Phi) is 6.11. The van der Waals surface area contributed by atoms with Gasteiger partial charge in [0.05, 0.1) is 11.8 Å². The van der Waals surface area contributed by atoms with E-state index < -0.39 is 10.0 Å². The minimum atomic E-state index is -3.35. The van der Waals surface area contributed by atoms with E-state index in [2.05, 4.69) is 5.32 Å². The van der Waals surface area contributed by atoms with Crippen LogP contribution in [0.15, 0.2) is 48.5 Å². The average molecular weight is 427 g/mol. The fourth-order valence-corrected chi connectivity index (χ4v) is 4.96. The fraction of sp³-hybridized carbons (Fsp3) is 0.316. The van der Waals surface area contributed by atoms with E-state index in [0.717, 1.165) is 5.56 Å². The Morgan fingerprint density at radius 3 is 2.33 bits per heavy atom. The van der Waals surface area contributed by atoms with Crippen molar-refractivity contribution in [2.24, 2.45) is 0 Å². The molecule has 1 saturated heterocycles. The van der Waals surface area contributed by atoms with Gasteiger partial charge in [0.25, 0.3) is 5.91 Å². The van der Waals surface area contributed by atoms with E-state index in [1.165, 1.54) is 16.4 Å². The van der Waals surface area contributed by atoms with Crippen LogP contribution in [0.4, 0.5) is 0 Å². The maximum Gasteiger partial charge on any atom is 0.251 e. The molecule has 1 aliphatic rings. The smallest absolute Gasteiger partial charge is 0.251 e. The van der Waals surface area contributed by atoms with Crippen molar-refractivity contribution in [3.8, 4) is 0 Å². The Hall–Kier alpha value is -1.60. The Morgan fingerprint density at radius 2 is 1.74 bits per heavy atom. The number of halogens is 2. The van der Waals surface area contributed by atoms with E-state index in [9.17, 15) is 13.2 Å². The second-order valence-electron chi connectivity index (χ2n) is 6.47. The van der Waals surface area contributed by atoms with Crippen molar-refractivity contribution in [2.75, 3.05) is 18.8 Å². The molecule has 1 aliphatic heterocycles. The van der Waals surface area contributed by atoms with Gasteiger partial charge in [-0.1, -0.05) is 53.5 Å². The first-order chi connectivity index (χ1) is 12.8. The summed E-state index contributed by atoms with van der Waals surface area (Å²) >= 11 is 12.0. The third-order valence-corrected chi connectivity index (χ3v) is 6.96. The third-order valence-electron chi connectivity index (χ3n) is 4.71. The average Bonchev–Trinajstić information content (AvgIpc) is 3.06. The first kappa shape index (κ1) is 20.1. The van der Waals surface area contributed by atoms with Gasteiger partial charge in [0, 0.05) is 34.6 Å². The van der Waals surface area contributed by atoms with Crippen molar-refractivity contribution in [1.29, 1.82) is 0 Å². The molecule has 5 nitrogen and oxygen atoms in total. The largest absolute Gasteiger partial charge is 0.347 e. The normalized spacial score (nSPS) is 20.6. The minimum absolute atomic E-state index is 0.0269. The molecule has 2 aromatic carbocycles. The van der Waals surface area contributed by atoms with Crippen molar-refractivity contribution < 1.29 is 13.2 Å². The maximum absolute atomic E-state index is 12.7. The van der Waals surface area contributed by atoms with Crippen LogP contribution >= 0.6 is 23.2 Å². The first-order valence-corrected chi connectivity index (χ1v) is 11.0. The molecule has 1 amide bonds. The number of amides is 1. The van der Waals surface area contributed by atoms with Gasteiger partial charge >= 0.3 is 0 Å². The number of hydrogen-bond donors (Lipinski definition) is 1. The molecule has 1 heterocycles. The van der Waals surface area contributed by atoms with Crippen molar-refractivity contribution >= 4 is 39.1 Å². The summed E-state index contributed by atoms with van der Waals surface area (Å²) in [5.41, 5.74) is 1.33. The Balaban J connectivity index is 1.87. The van der Waals surface area contributed by atoms with Crippen LogP contribution in [0, 0.1) is 0 Å². The van der Waals surface area contributed by atoms with E-state index >= 15 is 0 Å². The van der Waals surface area contributed by atoms with E-state index in [-0.39, 0.29) is 30.2 Å². The molecule has 0 spiro atoms. The zero-order valence-electron chi connectivity index (χ0n) is 14.7. The number of nitrogens with one attached hydrogen (secondary N) is 1. The lowest BCUT2D eigenvalue weighted by Gasteiger charge is -2.20. The Morgan fingerprint density at radius 1 is 1.11 bits per heavy atom. The number of nitrogens with zero attached hydrogens (tertiary/aromatic N) is 1. The predicted molar refractivity (Wildman–Crippen MR) is 108 cm³/mol. The van der Waals surface area contributed by atoms with Gasteiger partial charge in [-0.2, -0.15) is 4.31 Å². The molecule has 0 bridgehead atoms. The quantitative estimate of drug-likeness (QED) is 0.794. The Labute approximate surface area is 169 Å². The number of carbonyl (C=O) groups excluding carboxylic acids is 1. The highest BCUT2D eigenvalue weighted by Gasteiger charge is 2.39. The van der Waals surface area contributed by atoms with Crippen molar-refractivity contribution in [3.05, 3.63) is 69.7 Å². The molecule has 1 fully saturated rings. The lowest BCUT2D eigenvalue weighted by molar-refractivity contribution is 0.0936. The highest BCUT2D eigenvalue weighted by molar-refractivity contribution is 7.89. The Bertz CT molecular complexity index is 915. The summed E-state index contributed by atoms with van der Waals surface area (Å²) in [6.07, 6.45) is 0. The highest BCUT2D eigenvalue weighted by Crippen LogP contribution is 2.30. The number of sulfonamides is 1. The molecule has 8 heteroatoms. The van der Waals surface area contributed by atoms with Gasteiger partial charge in [-0.3, -0.25) is 4.79 Å². The zero-order valence-corrected chi connectivity index (χ0v) is 17.1. The second kappa shape index (κ2) is 8.19. The van der Waals surface area contributed by atoms with Gasteiger partial charge in [0.2, 0.25) is 10.0 Å². The zero-order chi connectivity index (χ0) is 19.6. The van der Waals surface area contributed by atoms with E-state index in [1.54, 1.807) is 13.0 Å². The summed E-state index contributed by atoms with van der Waals surface area (Å²) in [5, 5.41) is 3.70. The summed E-state index contributed by atoms with van der Waals surface area (Å²) in [4.78, 5) is 12.7. The molecule has 0 radical (unpaired) electrons. The molecule has 0 aromatic heterocycles. The van der Waals surface area contributed by atoms with Crippen molar-refractivity contribution in [1.82, 2.24) is 9.62 Å². The number of benzene rings is 2. The van der Waals surface area contributed by atoms with Crippen LogP contribution in [0.2, 0.25) is 10.0 Å². The molecule has 1 N–H and O–H groups in total. The molecule has 2 atom stereocenters. The minimum Gasteiger partial charge on any atom is -0.347 e.